The molecule has 0 spiro atoms. The molecule has 0 radical (unpaired) electrons. The first-order chi connectivity index (χ1) is 13.5. The number of anilines is 1. The van der Waals surface area contributed by atoms with E-state index in [4.69, 9.17) is 4.74 Å². The van der Waals surface area contributed by atoms with Crippen molar-refractivity contribution < 1.29 is 4.74 Å². The van der Waals surface area contributed by atoms with Gasteiger partial charge in [-0.1, -0.05) is 18.2 Å². The van der Waals surface area contributed by atoms with Crippen molar-refractivity contribution in [3.63, 3.8) is 0 Å². The molecule has 0 amide bonds. The molecule has 0 fully saturated rings. The van der Waals surface area contributed by atoms with Gasteiger partial charge in [0.15, 0.2) is 0 Å². The lowest BCUT2D eigenvalue weighted by atomic mass is 10.0. The van der Waals surface area contributed by atoms with Crippen LogP contribution in [-0.4, -0.2) is 27.3 Å². The lowest BCUT2D eigenvalue weighted by molar-refractivity contribution is 0.410. The summed E-state index contributed by atoms with van der Waals surface area (Å²) in [6.45, 7) is 6.10. The van der Waals surface area contributed by atoms with E-state index in [2.05, 4.69) is 51.5 Å². The Balaban J connectivity index is 1.65. The number of aryl methyl sites for hydroxylation is 1. The second-order valence-corrected chi connectivity index (χ2v) is 6.90. The second-order valence-electron chi connectivity index (χ2n) is 6.90. The minimum atomic E-state index is 0.0774. The number of hydrogen-bond acceptors (Lipinski definition) is 5. The fourth-order valence-corrected chi connectivity index (χ4v) is 3.51. The molecule has 142 valence electrons. The molecule has 0 bridgehead atoms. The van der Waals surface area contributed by atoms with Crippen LogP contribution in [-0.2, 0) is 0 Å². The second kappa shape index (κ2) is 7.31. The van der Waals surface area contributed by atoms with E-state index in [9.17, 15) is 0 Å². The molecule has 0 aliphatic rings. The Bertz CT molecular complexity index is 1130. The SMILES string of the molecule is COc1cccc(C(C)Nc2cc(-c3ccc4[nH]ncc4c3)nc(C)n2)c1C. The Kier molecular flexibility index (Phi) is 4.69. The van der Waals surface area contributed by atoms with Crippen LogP contribution in [0, 0.1) is 13.8 Å². The lowest BCUT2D eigenvalue weighted by Crippen LogP contribution is -2.11. The van der Waals surface area contributed by atoms with Crippen LogP contribution in [0.15, 0.2) is 48.7 Å². The number of aromatic nitrogens is 4. The Labute approximate surface area is 164 Å². The largest absolute Gasteiger partial charge is 0.496 e. The summed E-state index contributed by atoms with van der Waals surface area (Å²) in [7, 11) is 1.70. The maximum Gasteiger partial charge on any atom is 0.130 e. The number of nitrogens with zero attached hydrogens (tertiary/aromatic N) is 3. The van der Waals surface area contributed by atoms with Crippen molar-refractivity contribution in [2.75, 3.05) is 12.4 Å². The first-order valence-electron chi connectivity index (χ1n) is 9.24. The van der Waals surface area contributed by atoms with Crippen LogP contribution in [0.1, 0.15) is 29.9 Å². The highest BCUT2D eigenvalue weighted by Crippen LogP contribution is 2.29. The van der Waals surface area contributed by atoms with Crippen LogP contribution < -0.4 is 10.1 Å². The van der Waals surface area contributed by atoms with Gasteiger partial charge in [0.2, 0.25) is 0 Å². The Morgan fingerprint density at radius 1 is 1.07 bits per heavy atom. The minimum absolute atomic E-state index is 0.0774. The van der Waals surface area contributed by atoms with E-state index < -0.39 is 0 Å². The van der Waals surface area contributed by atoms with Gasteiger partial charge in [-0.2, -0.15) is 5.10 Å². The molecule has 2 N–H and O–H groups in total. The number of nitrogens with one attached hydrogen (secondary N) is 2. The molecule has 0 saturated carbocycles. The number of hydrogen-bond donors (Lipinski definition) is 2. The average molecular weight is 373 g/mol. The predicted octanol–water partition coefficient (Wildman–Crippen LogP) is 4.82. The molecule has 1 unspecified atom stereocenters. The summed E-state index contributed by atoms with van der Waals surface area (Å²) in [5.41, 5.74) is 5.23. The zero-order valence-corrected chi connectivity index (χ0v) is 16.4. The third-order valence-electron chi connectivity index (χ3n) is 4.95. The zero-order chi connectivity index (χ0) is 19.7. The fourth-order valence-electron chi connectivity index (χ4n) is 3.51. The number of H-pyrrole nitrogens is 1. The van der Waals surface area contributed by atoms with Crippen molar-refractivity contribution in [1.82, 2.24) is 20.2 Å². The Morgan fingerprint density at radius 2 is 1.93 bits per heavy atom. The number of aromatic amines is 1. The monoisotopic (exact) mass is 373 g/mol. The van der Waals surface area contributed by atoms with Gasteiger partial charge in [-0.05, 0) is 50.1 Å². The average Bonchev–Trinajstić information content (AvgIpc) is 3.15. The zero-order valence-electron chi connectivity index (χ0n) is 16.4. The van der Waals surface area contributed by atoms with E-state index in [0.717, 1.165) is 45.1 Å². The minimum Gasteiger partial charge on any atom is -0.496 e. The Morgan fingerprint density at radius 3 is 2.75 bits per heavy atom. The van der Waals surface area contributed by atoms with Gasteiger partial charge in [0.05, 0.1) is 30.6 Å². The van der Waals surface area contributed by atoms with Gasteiger partial charge in [0.1, 0.15) is 17.4 Å². The van der Waals surface area contributed by atoms with E-state index in [1.54, 1.807) is 7.11 Å². The van der Waals surface area contributed by atoms with Gasteiger partial charge in [0, 0.05) is 17.0 Å². The first-order valence-corrected chi connectivity index (χ1v) is 9.24. The molecule has 6 heteroatoms. The van der Waals surface area contributed by atoms with Crippen molar-refractivity contribution in [2.24, 2.45) is 0 Å². The van der Waals surface area contributed by atoms with Crippen molar-refractivity contribution in [1.29, 1.82) is 0 Å². The van der Waals surface area contributed by atoms with E-state index in [0.29, 0.717) is 0 Å². The van der Waals surface area contributed by atoms with Gasteiger partial charge in [-0.15, -0.1) is 0 Å². The molecule has 4 rings (SSSR count). The topological polar surface area (TPSA) is 75.7 Å². The standard InChI is InChI=1S/C22H23N5O/c1-13-18(6-5-7-21(13)28-4)14(2)24-22-11-20(25-15(3)26-22)16-8-9-19-17(10-16)12-23-27-19/h5-12,14H,1-4H3,(H,23,27)(H,24,25,26). The number of benzene rings is 2. The summed E-state index contributed by atoms with van der Waals surface area (Å²) in [5.74, 6) is 2.41. The number of fused-ring (bicyclic) bond motifs is 1. The van der Waals surface area contributed by atoms with E-state index in [1.165, 1.54) is 5.56 Å². The van der Waals surface area contributed by atoms with Crippen LogP contribution in [0.2, 0.25) is 0 Å². The van der Waals surface area contributed by atoms with Gasteiger partial charge in [0.25, 0.3) is 0 Å². The summed E-state index contributed by atoms with van der Waals surface area (Å²) in [4.78, 5) is 9.20. The highest BCUT2D eigenvalue weighted by atomic mass is 16.5. The van der Waals surface area contributed by atoms with Gasteiger partial charge in [-0.3, -0.25) is 5.10 Å². The van der Waals surface area contributed by atoms with E-state index in [-0.39, 0.29) is 6.04 Å². The number of methoxy groups -OCH3 is 1. The summed E-state index contributed by atoms with van der Waals surface area (Å²) in [5, 5.41) is 11.6. The molecule has 2 heterocycles. The molecule has 28 heavy (non-hydrogen) atoms. The normalized spacial score (nSPS) is 12.1. The molecule has 1 atom stereocenters. The van der Waals surface area contributed by atoms with Crippen molar-refractivity contribution in [3.8, 4) is 17.0 Å². The quantitative estimate of drug-likeness (QED) is 0.525. The number of rotatable bonds is 5. The third kappa shape index (κ3) is 3.41. The highest BCUT2D eigenvalue weighted by Gasteiger charge is 2.13. The maximum atomic E-state index is 5.45. The smallest absolute Gasteiger partial charge is 0.130 e. The molecule has 0 aliphatic heterocycles. The lowest BCUT2D eigenvalue weighted by Gasteiger charge is -2.19. The third-order valence-corrected chi connectivity index (χ3v) is 4.95. The molecule has 0 saturated heterocycles. The van der Waals surface area contributed by atoms with Gasteiger partial charge < -0.3 is 10.1 Å². The molecule has 4 aromatic rings. The van der Waals surface area contributed by atoms with Crippen LogP contribution >= 0.6 is 0 Å². The predicted molar refractivity (Wildman–Crippen MR) is 112 cm³/mol. The van der Waals surface area contributed by atoms with Crippen LogP contribution in [0.4, 0.5) is 5.82 Å². The molecule has 2 aromatic heterocycles. The van der Waals surface area contributed by atoms with Gasteiger partial charge in [-0.25, -0.2) is 9.97 Å². The molecule has 2 aromatic carbocycles. The molecular weight excluding hydrogens is 350 g/mol. The summed E-state index contributed by atoms with van der Waals surface area (Å²) >= 11 is 0. The van der Waals surface area contributed by atoms with Crippen molar-refractivity contribution in [3.05, 3.63) is 65.6 Å². The summed E-state index contributed by atoms with van der Waals surface area (Å²) in [6, 6.07) is 14.3. The summed E-state index contributed by atoms with van der Waals surface area (Å²) < 4.78 is 5.45. The molecular formula is C22H23N5O. The fraction of sp³-hybridized carbons (Fsp3) is 0.227. The van der Waals surface area contributed by atoms with Crippen LogP contribution in [0.3, 0.4) is 0 Å². The summed E-state index contributed by atoms with van der Waals surface area (Å²) in [6.07, 6.45) is 1.82. The van der Waals surface area contributed by atoms with E-state index >= 15 is 0 Å². The van der Waals surface area contributed by atoms with E-state index in [1.807, 2.05) is 43.5 Å². The molecule has 0 aliphatic carbocycles. The first kappa shape index (κ1) is 18.0. The van der Waals surface area contributed by atoms with Crippen LogP contribution in [0.25, 0.3) is 22.2 Å². The van der Waals surface area contributed by atoms with Crippen molar-refractivity contribution in [2.45, 2.75) is 26.8 Å². The maximum absolute atomic E-state index is 5.45. The molecule has 6 nitrogen and oxygen atoms in total. The van der Waals surface area contributed by atoms with Crippen molar-refractivity contribution >= 4 is 16.7 Å². The highest BCUT2D eigenvalue weighted by molar-refractivity contribution is 5.83. The van der Waals surface area contributed by atoms with Crippen LogP contribution in [0.5, 0.6) is 5.75 Å². The van der Waals surface area contributed by atoms with Gasteiger partial charge >= 0.3 is 0 Å². The number of ether oxygens (including phenoxy) is 1. The Hall–Kier alpha value is -3.41.